The predicted octanol–water partition coefficient (Wildman–Crippen LogP) is 6.59. The summed E-state index contributed by atoms with van der Waals surface area (Å²) in [7, 11) is 0. The Kier molecular flexibility index (Phi) is 6.28. The number of amides is 1. The summed E-state index contributed by atoms with van der Waals surface area (Å²) >= 11 is 7.46. The van der Waals surface area contributed by atoms with Crippen molar-refractivity contribution in [1.82, 2.24) is 4.98 Å². The van der Waals surface area contributed by atoms with Gasteiger partial charge in [0.05, 0.1) is 28.4 Å². The van der Waals surface area contributed by atoms with E-state index in [1.54, 1.807) is 48.5 Å². The first kappa shape index (κ1) is 24.0. The van der Waals surface area contributed by atoms with Crippen molar-refractivity contribution in [3.05, 3.63) is 93.5 Å². The zero-order valence-electron chi connectivity index (χ0n) is 19.9. The Hall–Kier alpha value is -3.68. The van der Waals surface area contributed by atoms with E-state index < -0.39 is 17.7 Å². The lowest BCUT2D eigenvalue weighted by atomic mass is 9.95. The average molecular weight is 519 g/mol. The number of carbonyl (C=O) groups is 2. The second-order valence-corrected chi connectivity index (χ2v) is 10.1. The Bertz CT molecular complexity index is 1540. The van der Waals surface area contributed by atoms with Crippen LogP contribution in [0.3, 0.4) is 0 Å². The van der Waals surface area contributed by atoms with Crippen LogP contribution in [0.5, 0.6) is 5.75 Å². The molecule has 6 nitrogen and oxygen atoms in total. The minimum absolute atomic E-state index is 0.0110. The van der Waals surface area contributed by atoms with Gasteiger partial charge in [-0.25, -0.2) is 4.98 Å². The zero-order chi connectivity index (χ0) is 25.6. The van der Waals surface area contributed by atoms with E-state index in [4.69, 9.17) is 21.3 Å². The Labute approximate surface area is 217 Å². The van der Waals surface area contributed by atoms with Gasteiger partial charge in [0.2, 0.25) is 0 Å². The number of ketones is 1. The van der Waals surface area contributed by atoms with Gasteiger partial charge in [0.25, 0.3) is 5.78 Å². The molecular weight excluding hydrogens is 496 g/mol. The van der Waals surface area contributed by atoms with Gasteiger partial charge in [-0.3, -0.25) is 14.5 Å². The molecule has 1 aliphatic rings. The van der Waals surface area contributed by atoms with Crippen molar-refractivity contribution < 1.29 is 19.4 Å². The maximum atomic E-state index is 13.4. The summed E-state index contributed by atoms with van der Waals surface area (Å²) < 4.78 is 6.48. The van der Waals surface area contributed by atoms with Gasteiger partial charge < -0.3 is 9.84 Å². The number of fused-ring (bicyclic) bond motifs is 1. The van der Waals surface area contributed by atoms with Crippen LogP contribution in [0.1, 0.15) is 35.2 Å². The number of benzene rings is 3. The van der Waals surface area contributed by atoms with Crippen LogP contribution in [0, 0.1) is 13.8 Å². The summed E-state index contributed by atoms with van der Waals surface area (Å²) in [4.78, 5) is 33.0. The van der Waals surface area contributed by atoms with E-state index in [9.17, 15) is 14.7 Å². The SMILES string of the molecule is CCOc1cccc(C(O)=C2C(=O)C(=O)N(c3nc4c(C)cc(C)cc4s3)C2c2ccc(Cl)cc2)c1. The Balaban J connectivity index is 1.72. The highest BCUT2D eigenvalue weighted by Gasteiger charge is 2.48. The number of rotatable bonds is 5. The highest BCUT2D eigenvalue weighted by atomic mass is 35.5. The molecule has 0 spiro atoms. The van der Waals surface area contributed by atoms with Crippen molar-refractivity contribution in [2.24, 2.45) is 0 Å². The summed E-state index contributed by atoms with van der Waals surface area (Å²) in [6, 6.07) is 16.9. The van der Waals surface area contributed by atoms with Gasteiger partial charge in [0.15, 0.2) is 5.13 Å². The number of halogens is 1. The van der Waals surface area contributed by atoms with Crippen LogP contribution < -0.4 is 9.64 Å². The predicted molar refractivity (Wildman–Crippen MR) is 143 cm³/mol. The third kappa shape index (κ3) is 4.14. The highest BCUT2D eigenvalue weighted by molar-refractivity contribution is 7.22. The van der Waals surface area contributed by atoms with Crippen LogP contribution in [-0.2, 0) is 9.59 Å². The number of hydrogen-bond donors (Lipinski definition) is 1. The molecule has 1 atom stereocenters. The van der Waals surface area contributed by atoms with E-state index in [1.165, 1.54) is 16.2 Å². The van der Waals surface area contributed by atoms with E-state index in [2.05, 4.69) is 0 Å². The molecule has 0 aliphatic carbocycles. The monoisotopic (exact) mass is 518 g/mol. The molecule has 1 fully saturated rings. The number of hydrogen-bond acceptors (Lipinski definition) is 6. The molecule has 1 amide bonds. The van der Waals surface area contributed by atoms with Crippen LogP contribution in [0.15, 0.2) is 66.2 Å². The number of ether oxygens (including phenoxy) is 1. The van der Waals surface area contributed by atoms with Crippen LogP contribution >= 0.6 is 22.9 Å². The largest absolute Gasteiger partial charge is 0.507 e. The third-order valence-electron chi connectivity index (χ3n) is 6.07. The van der Waals surface area contributed by atoms with Gasteiger partial charge in [-0.1, -0.05) is 53.3 Å². The molecule has 1 aromatic heterocycles. The Morgan fingerprint density at radius 3 is 2.58 bits per heavy atom. The van der Waals surface area contributed by atoms with E-state index >= 15 is 0 Å². The molecule has 3 aromatic carbocycles. The molecule has 36 heavy (non-hydrogen) atoms. The second-order valence-electron chi connectivity index (χ2n) is 8.61. The summed E-state index contributed by atoms with van der Waals surface area (Å²) in [5.41, 5.74) is 3.85. The van der Waals surface area contributed by atoms with Crippen molar-refractivity contribution in [2.75, 3.05) is 11.5 Å². The maximum absolute atomic E-state index is 13.4. The van der Waals surface area contributed by atoms with Gasteiger partial charge >= 0.3 is 5.91 Å². The molecule has 1 N–H and O–H groups in total. The zero-order valence-corrected chi connectivity index (χ0v) is 21.5. The first-order chi connectivity index (χ1) is 17.3. The van der Waals surface area contributed by atoms with Gasteiger partial charge in [-0.2, -0.15) is 0 Å². The van der Waals surface area contributed by atoms with Crippen LogP contribution in [0.4, 0.5) is 5.13 Å². The smallest absolute Gasteiger partial charge is 0.301 e. The van der Waals surface area contributed by atoms with Crippen LogP contribution in [0.25, 0.3) is 16.0 Å². The molecule has 4 aromatic rings. The number of thiazole rings is 1. The number of anilines is 1. The maximum Gasteiger partial charge on any atom is 0.301 e. The number of nitrogens with zero attached hydrogens (tertiary/aromatic N) is 2. The molecule has 0 radical (unpaired) electrons. The fourth-order valence-corrected chi connectivity index (χ4v) is 5.80. The molecule has 0 saturated carbocycles. The normalized spacial score (nSPS) is 17.2. The number of aromatic nitrogens is 1. The molecule has 1 unspecified atom stereocenters. The first-order valence-electron chi connectivity index (χ1n) is 11.5. The summed E-state index contributed by atoms with van der Waals surface area (Å²) in [6.45, 7) is 6.28. The van der Waals surface area contributed by atoms with Gasteiger partial charge in [-0.15, -0.1) is 0 Å². The number of aryl methyl sites for hydroxylation is 2. The van der Waals surface area contributed by atoms with Crippen LogP contribution in [-0.4, -0.2) is 28.4 Å². The minimum atomic E-state index is -0.875. The summed E-state index contributed by atoms with van der Waals surface area (Å²) in [6.07, 6.45) is 0. The lowest BCUT2D eigenvalue weighted by Crippen LogP contribution is -2.29. The fraction of sp³-hybridized carbons (Fsp3) is 0.179. The standard InChI is InChI=1S/C28H23ClN2O4S/c1-4-35-20-7-5-6-18(14-20)25(32)22-24(17-8-10-19(29)11-9-17)31(27(34)26(22)33)28-30-23-16(3)12-15(2)13-21(23)36-28/h5-14,24,32H,4H2,1-3H3. The second kappa shape index (κ2) is 9.41. The Morgan fingerprint density at radius 1 is 1.11 bits per heavy atom. The van der Waals surface area contributed by atoms with Gasteiger partial charge in [-0.05, 0) is 67.8 Å². The van der Waals surface area contributed by atoms with Crippen molar-refractivity contribution in [3.8, 4) is 5.75 Å². The van der Waals surface area contributed by atoms with Crippen LogP contribution in [0.2, 0.25) is 5.02 Å². The number of carbonyl (C=O) groups excluding carboxylic acids is 2. The van der Waals surface area contributed by atoms with Crippen molar-refractivity contribution in [3.63, 3.8) is 0 Å². The molecule has 5 rings (SSSR count). The third-order valence-corrected chi connectivity index (χ3v) is 7.33. The minimum Gasteiger partial charge on any atom is -0.507 e. The molecule has 2 heterocycles. The van der Waals surface area contributed by atoms with Crippen molar-refractivity contribution >= 4 is 55.7 Å². The molecule has 1 aliphatic heterocycles. The fourth-order valence-electron chi connectivity index (χ4n) is 4.51. The highest BCUT2D eigenvalue weighted by Crippen LogP contribution is 2.45. The van der Waals surface area contributed by atoms with Gasteiger partial charge in [0.1, 0.15) is 11.5 Å². The van der Waals surface area contributed by atoms with E-state index in [1.807, 2.05) is 32.9 Å². The van der Waals surface area contributed by atoms with Gasteiger partial charge in [0, 0.05) is 10.6 Å². The van der Waals surface area contributed by atoms with E-state index in [0.717, 1.165) is 21.3 Å². The summed E-state index contributed by atoms with van der Waals surface area (Å²) in [5.74, 6) is -1.24. The topological polar surface area (TPSA) is 79.7 Å². The van der Waals surface area contributed by atoms with E-state index in [0.29, 0.717) is 33.6 Å². The lowest BCUT2D eigenvalue weighted by molar-refractivity contribution is -0.132. The first-order valence-corrected chi connectivity index (χ1v) is 12.7. The van der Waals surface area contributed by atoms with E-state index in [-0.39, 0.29) is 11.3 Å². The number of aliphatic hydroxyl groups excluding tert-OH is 1. The quantitative estimate of drug-likeness (QED) is 0.183. The summed E-state index contributed by atoms with van der Waals surface area (Å²) in [5, 5.41) is 12.3. The number of aliphatic hydroxyl groups is 1. The average Bonchev–Trinajstić information content (AvgIpc) is 3.38. The molecule has 8 heteroatoms. The molecule has 0 bridgehead atoms. The molecular formula is C28H23ClN2O4S. The van der Waals surface area contributed by atoms with Crippen molar-refractivity contribution in [1.29, 1.82) is 0 Å². The lowest BCUT2D eigenvalue weighted by Gasteiger charge is -2.23. The molecule has 1 saturated heterocycles. The molecule has 182 valence electrons. The van der Waals surface area contributed by atoms with Crippen molar-refractivity contribution in [2.45, 2.75) is 26.8 Å². The number of Topliss-reactive ketones (excluding diaryl/α,β-unsaturated/α-hetero) is 1. The Morgan fingerprint density at radius 2 is 1.86 bits per heavy atom.